The van der Waals surface area contributed by atoms with E-state index >= 15 is 0 Å². The standard InChI is InChI=1S/C35H30N4/c1-4-14-30(15-5-1)35(31-16-6-2-7-17-31,32-18-8-3-9-19-32)39-24-34(37-26-39)29-22-36-25-38(23-29)33-20-27-12-10-11-13-28(27)21-33/h1-19,22-24,26,33H,20-21,25H2. The Kier molecular flexibility index (Phi) is 5.93. The molecule has 4 heteroatoms. The van der Waals surface area contributed by atoms with E-state index in [1.807, 2.05) is 12.5 Å². The van der Waals surface area contributed by atoms with Crippen LogP contribution in [0.5, 0.6) is 0 Å². The number of rotatable bonds is 6. The molecular weight excluding hydrogens is 476 g/mol. The SMILES string of the molecule is C1=NCN(C2Cc3ccccc3C2)C=C1c1cn(C(c2ccccc2)(c2ccccc2)c2ccccc2)cn1. The van der Waals surface area contributed by atoms with Gasteiger partial charge in [-0.2, -0.15) is 0 Å². The van der Waals surface area contributed by atoms with E-state index in [4.69, 9.17) is 9.98 Å². The normalized spacial score (nSPS) is 15.3. The second kappa shape index (κ2) is 9.88. The largest absolute Gasteiger partial charge is 0.354 e. The van der Waals surface area contributed by atoms with Crippen molar-refractivity contribution in [1.29, 1.82) is 0 Å². The fraction of sp³-hybridized carbons (Fsp3) is 0.143. The maximum Gasteiger partial charge on any atom is 0.121 e. The molecule has 0 fully saturated rings. The van der Waals surface area contributed by atoms with Gasteiger partial charge in [0.05, 0.1) is 12.0 Å². The Bertz CT molecular complexity index is 1510. The smallest absolute Gasteiger partial charge is 0.121 e. The fourth-order valence-corrected chi connectivity index (χ4v) is 6.25. The lowest BCUT2D eigenvalue weighted by atomic mass is 9.77. The number of hydrogen-bond acceptors (Lipinski definition) is 3. The minimum atomic E-state index is -0.575. The van der Waals surface area contributed by atoms with Crippen molar-refractivity contribution < 1.29 is 0 Å². The van der Waals surface area contributed by atoms with Crippen LogP contribution in [-0.4, -0.2) is 33.4 Å². The predicted molar refractivity (Wildman–Crippen MR) is 158 cm³/mol. The monoisotopic (exact) mass is 506 g/mol. The molecule has 2 heterocycles. The topological polar surface area (TPSA) is 33.4 Å². The summed E-state index contributed by atoms with van der Waals surface area (Å²) in [5.41, 5.74) is 7.84. The van der Waals surface area contributed by atoms with E-state index in [-0.39, 0.29) is 0 Å². The van der Waals surface area contributed by atoms with Gasteiger partial charge >= 0.3 is 0 Å². The molecule has 7 rings (SSSR count). The Morgan fingerprint density at radius 3 is 1.69 bits per heavy atom. The Balaban J connectivity index is 1.32. The maximum atomic E-state index is 4.96. The van der Waals surface area contributed by atoms with Crippen LogP contribution in [0, 0.1) is 0 Å². The summed E-state index contributed by atoms with van der Waals surface area (Å²) in [7, 11) is 0. The van der Waals surface area contributed by atoms with E-state index in [2.05, 4.69) is 137 Å². The van der Waals surface area contributed by atoms with Gasteiger partial charge in [0.15, 0.2) is 0 Å². The first kappa shape index (κ1) is 23.4. The molecule has 39 heavy (non-hydrogen) atoms. The van der Waals surface area contributed by atoms with Crippen LogP contribution in [0.15, 0.2) is 139 Å². The van der Waals surface area contributed by atoms with Gasteiger partial charge in [-0.1, -0.05) is 115 Å². The van der Waals surface area contributed by atoms with Crippen molar-refractivity contribution in [3.63, 3.8) is 0 Å². The molecule has 0 saturated carbocycles. The van der Waals surface area contributed by atoms with Crippen molar-refractivity contribution in [2.24, 2.45) is 4.99 Å². The summed E-state index contributed by atoms with van der Waals surface area (Å²) in [5.74, 6) is 0. The molecule has 0 atom stereocenters. The lowest BCUT2D eigenvalue weighted by Crippen LogP contribution is -2.37. The Morgan fingerprint density at radius 1 is 0.641 bits per heavy atom. The summed E-state index contributed by atoms with van der Waals surface area (Å²) in [6, 6.07) is 41.4. The van der Waals surface area contributed by atoms with Crippen LogP contribution in [-0.2, 0) is 18.4 Å². The Hall–Kier alpha value is -4.70. The molecule has 4 nitrogen and oxygen atoms in total. The van der Waals surface area contributed by atoms with E-state index in [9.17, 15) is 0 Å². The van der Waals surface area contributed by atoms with E-state index < -0.39 is 5.54 Å². The lowest BCUT2D eigenvalue weighted by Gasteiger charge is -2.37. The second-order valence-corrected chi connectivity index (χ2v) is 10.4. The van der Waals surface area contributed by atoms with Crippen molar-refractivity contribution in [2.45, 2.75) is 24.4 Å². The van der Waals surface area contributed by atoms with Crippen LogP contribution >= 0.6 is 0 Å². The van der Waals surface area contributed by atoms with Gasteiger partial charge in [0.1, 0.15) is 12.2 Å². The molecule has 0 saturated heterocycles. The predicted octanol–water partition coefficient (Wildman–Crippen LogP) is 6.58. The highest BCUT2D eigenvalue weighted by Gasteiger charge is 2.38. The summed E-state index contributed by atoms with van der Waals surface area (Å²) >= 11 is 0. The molecule has 0 bridgehead atoms. The Morgan fingerprint density at radius 2 is 1.15 bits per heavy atom. The molecule has 190 valence electrons. The summed E-state index contributed by atoms with van der Waals surface area (Å²) in [4.78, 5) is 12.1. The van der Waals surface area contributed by atoms with Gasteiger partial charge < -0.3 is 9.47 Å². The molecule has 1 aromatic heterocycles. The third-order valence-corrected chi connectivity index (χ3v) is 8.12. The summed E-state index contributed by atoms with van der Waals surface area (Å²) in [6.07, 6.45) is 10.5. The van der Waals surface area contributed by atoms with Crippen molar-refractivity contribution in [1.82, 2.24) is 14.5 Å². The lowest BCUT2D eigenvalue weighted by molar-refractivity contribution is 0.291. The van der Waals surface area contributed by atoms with Crippen LogP contribution in [0.25, 0.3) is 5.57 Å². The van der Waals surface area contributed by atoms with Crippen LogP contribution in [0.1, 0.15) is 33.5 Å². The summed E-state index contributed by atoms with van der Waals surface area (Å²) in [6.45, 7) is 0.685. The molecule has 0 spiro atoms. The minimum Gasteiger partial charge on any atom is -0.354 e. The Labute approximate surface area is 229 Å². The minimum absolute atomic E-state index is 0.425. The third kappa shape index (κ3) is 4.09. The van der Waals surface area contributed by atoms with Gasteiger partial charge in [-0.25, -0.2) is 4.98 Å². The van der Waals surface area contributed by atoms with Gasteiger partial charge in [-0.3, -0.25) is 4.99 Å². The van der Waals surface area contributed by atoms with E-state index in [0.717, 1.165) is 24.1 Å². The number of fused-ring (bicyclic) bond motifs is 1. The van der Waals surface area contributed by atoms with Gasteiger partial charge in [-0.05, 0) is 40.7 Å². The van der Waals surface area contributed by atoms with E-state index in [1.54, 1.807) is 0 Å². The first-order chi connectivity index (χ1) is 19.3. The molecular formula is C35H30N4. The molecule has 5 aromatic rings. The highest BCUT2D eigenvalue weighted by atomic mass is 15.2. The average Bonchev–Trinajstić information content (AvgIpc) is 3.68. The molecule has 2 aliphatic rings. The number of allylic oxidation sites excluding steroid dienone is 1. The molecule has 1 aliphatic heterocycles. The first-order valence-corrected chi connectivity index (χ1v) is 13.6. The van der Waals surface area contributed by atoms with Gasteiger partial charge in [0, 0.05) is 30.2 Å². The molecule has 0 N–H and O–H groups in total. The van der Waals surface area contributed by atoms with Gasteiger partial charge in [-0.15, -0.1) is 0 Å². The molecule has 0 amide bonds. The van der Waals surface area contributed by atoms with Crippen LogP contribution in [0.4, 0.5) is 0 Å². The van der Waals surface area contributed by atoms with Crippen molar-refractivity contribution >= 4 is 11.8 Å². The van der Waals surface area contributed by atoms with Crippen LogP contribution in [0.3, 0.4) is 0 Å². The van der Waals surface area contributed by atoms with Crippen molar-refractivity contribution in [2.75, 3.05) is 6.67 Å². The van der Waals surface area contributed by atoms with Crippen molar-refractivity contribution in [3.8, 4) is 0 Å². The zero-order valence-electron chi connectivity index (χ0n) is 21.8. The maximum absolute atomic E-state index is 4.96. The number of aliphatic imine (C=N–C) groups is 1. The van der Waals surface area contributed by atoms with Crippen LogP contribution < -0.4 is 0 Å². The van der Waals surface area contributed by atoms with Gasteiger partial charge in [0.25, 0.3) is 0 Å². The number of imidazole rings is 1. The molecule has 0 radical (unpaired) electrons. The summed E-state index contributed by atoms with van der Waals surface area (Å²) in [5, 5.41) is 0. The fourth-order valence-electron chi connectivity index (χ4n) is 6.25. The molecule has 0 unspecified atom stereocenters. The highest BCUT2D eigenvalue weighted by Crippen LogP contribution is 2.41. The second-order valence-electron chi connectivity index (χ2n) is 10.4. The quantitative estimate of drug-likeness (QED) is 0.244. The number of hydrogen-bond donors (Lipinski definition) is 0. The number of nitrogens with zero attached hydrogens (tertiary/aromatic N) is 4. The van der Waals surface area contributed by atoms with E-state index in [0.29, 0.717) is 12.7 Å². The number of benzene rings is 4. The average molecular weight is 507 g/mol. The zero-order chi connectivity index (χ0) is 26.1. The third-order valence-electron chi connectivity index (χ3n) is 8.12. The van der Waals surface area contributed by atoms with Crippen molar-refractivity contribution in [3.05, 3.63) is 167 Å². The molecule has 1 aliphatic carbocycles. The first-order valence-electron chi connectivity index (χ1n) is 13.6. The summed E-state index contributed by atoms with van der Waals surface area (Å²) < 4.78 is 2.27. The highest BCUT2D eigenvalue weighted by molar-refractivity contribution is 6.09. The van der Waals surface area contributed by atoms with Gasteiger partial charge in [0.2, 0.25) is 0 Å². The number of aromatic nitrogens is 2. The van der Waals surface area contributed by atoms with Crippen LogP contribution in [0.2, 0.25) is 0 Å². The van der Waals surface area contributed by atoms with E-state index in [1.165, 1.54) is 27.8 Å². The zero-order valence-corrected chi connectivity index (χ0v) is 21.8. The molecule has 4 aromatic carbocycles.